The van der Waals surface area contributed by atoms with Gasteiger partial charge in [0, 0.05) is 21.5 Å². The molecule has 0 aromatic heterocycles. The summed E-state index contributed by atoms with van der Waals surface area (Å²) in [6, 6.07) is 27.2. The third kappa shape index (κ3) is 5.61. The molecule has 0 N–H and O–H groups in total. The zero-order chi connectivity index (χ0) is 18.9. The summed E-state index contributed by atoms with van der Waals surface area (Å²) in [7, 11) is 0. The van der Waals surface area contributed by atoms with Crippen LogP contribution < -0.4 is 9.64 Å². The summed E-state index contributed by atoms with van der Waals surface area (Å²) in [4.78, 5) is 2.25. The van der Waals surface area contributed by atoms with Gasteiger partial charge in [-0.2, -0.15) is 0 Å². The van der Waals surface area contributed by atoms with E-state index in [1.54, 1.807) is 0 Å². The van der Waals surface area contributed by atoms with Gasteiger partial charge in [-0.05, 0) is 67.1 Å². The van der Waals surface area contributed by atoms with Crippen LogP contribution in [0.4, 0.5) is 17.1 Å². The van der Waals surface area contributed by atoms with Gasteiger partial charge in [-0.15, -0.1) is 0 Å². The zero-order valence-corrected chi connectivity index (χ0v) is 17.4. The number of para-hydroxylation sites is 1. The molecule has 0 saturated heterocycles. The molecule has 27 heavy (non-hydrogen) atoms. The van der Waals surface area contributed by atoms with Gasteiger partial charge in [-0.25, -0.2) is 0 Å². The number of halogens is 1. The first-order chi connectivity index (χ1) is 13.3. The fraction of sp³-hybridized carbons (Fsp3) is 0.250. The van der Waals surface area contributed by atoms with Gasteiger partial charge in [0.25, 0.3) is 0 Å². The molecule has 0 amide bonds. The molecule has 2 nitrogen and oxygen atoms in total. The lowest BCUT2D eigenvalue weighted by Crippen LogP contribution is -2.09. The van der Waals surface area contributed by atoms with Crippen LogP contribution in [0.2, 0.25) is 0 Å². The van der Waals surface area contributed by atoms with Crippen LogP contribution in [0.25, 0.3) is 0 Å². The van der Waals surface area contributed by atoms with E-state index in [2.05, 4.69) is 101 Å². The van der Waals surface area contributed by atoms with E-state index in [4.69, 9.17) is 4.74 Å². The molecule has 3 rings (SSSR count). The minimum atomic E-state index is 0.786. The van der Waals surface area contributed by atoms with Crippen LogP contribution in [-0.2, 0) is 0 Å². The molecule has 0 aliphatic heterocycles. The Labute approximate surface area is 170 Å². The summed E-state index contributed by atoms with van der Waals surface area (Å²) in [5.41, 5.74) is 3.37. The van der Waals surface area contributed by atoms with Gasteiger partial charge in [0.2, 0.25) is 0 Å². The highest BCUT2D eigenvalue weighted by Crippen LogP contribution is 2.35. The average molecular weight is 424 g/mol. The zero-order valence-electron chi connectivity index (χ0n) is 15.8. The van der Waals surface area contributed by atoms with E-state index in [0.717, 1.165) is 40.3 Å². The van der Waals surface area contributed by atoms with Gasteiger partial charge < -0.3 is 9.64 Å². The van der Waals surface area contributed by atoms with Crippen LogP contribution >= 0.6 is 15.9 Å². The van der Waals surface area contributed by atoms with Crippen molar-refractivity contribution in [3.63, 3.8) is 0 Å². The number of unbranched alkanes of at least 4 members (excludes halogenated alkanes) is 3. The van der Waals surface area contributed by atoms with Gasteiger partial charge in [-0.3, -0.25) is 0 Å². The minimum Gasteiger partial charge on any atom is -0.494 e. The molecule has 0 saturated carbocycles. The molecule has 3 heteroatoms. The van der Waals surface area contributed by atoms with Crippen LogP contribution in [0.5, 0.6) is 5.75 Å². The lowest BCUT2D eigenvalue weighted by molar-refractivity contribution is 0.305. The Morgan fingerprint density at radius 2 is 1.30 bits per heavy atom. The first kappa shape index (κ1) is 19.5. The van der Waals surface area contributed by atoms with E-state index in [0.29, 0.717) is 0 Å². The number of hydrogen-bond acceptors (Lipinski definition) is 2. The second kappa shape index (κ2) is 10.2. The molecular weight excluding hydrogens is 398 g/mol. The molecule has 0 atom stereocenters. The van der Waals surface area contributed by atoms with Crippen molar-refractivity contribution < 1.29 is 4.74 Å². The lowest BCUT2D eigenvalue weighted by Gasteiger charge is -2.25. The fourth-order valence-corrected chi connectivity index (χ4v) is 3.29. The van der Waals surface area contributed by atoms with Crippen LogP contribution in [0.1, 0.15) is 32.6 Å². The fourth-order valence-electron chi connectivity index (χ4n) is 3.02. The second-order valence-electron chi connectivity index (χ2n) is 6.55. The number of anilines is 3. The third-order valence-electron chi connectivity index (χ3n) is 4.46. The quantitative estimate of drug-likeness (QED) is 0.324. The Morgan fingerprint density at radius 1 is 0.704 bits per heavy atom. The van der Waals surface area contributed by atoms with Crippen molar-refractivity contribution in [2.75, 3.05) is 11.5 Å². The van der Waals surface area contributed by atoms with Crippen molar-refractivity contribution in [2.45, 2.75) is 32.6 Å². The molecule has 0 unspecified atom stereocenters. The van der Waals surface area contributed by atoms with Crippen LogP contribution in [0, 0.1) is 0 Å². The van der Waals surface area contributed by atoms with Crippen molar-refractivity contribution in [1.82, 2.24) is 0 Å². The van der Waals surface area contributed by atoms with E-state index < -0.39 is 0 Å². The summed E-state index contributed by atoms with van der Waals surface area (Å²) >= 11 is 3.52. The second-order valence-corrected chi connectivity index (χ2v) is 7.47. The molecule has 0 heterocycles. The molecular formula is C24H26BrNO. The summed E-state index contributed by atoms with van der Waals surface area (Å²) in [6.07, 6.45) is 4.88. The van der Waals surface area contributed by atoms with Gasteiger partial charge in [0.15, 0.2) is 0 Å². The lowest BCUT2D eigenvalue weighted by atomic mass is 10.2. The predicted molar refractivity (Wildman–Crippen MR) is 118 cm³/mol. The van der Waals surface area contributed by atoms with Crippen molar-refractivity contribution in [2.24, 2.45) is 0 Å². The normalized spacial score (nSPS) is 10.6. The van der Waals surface area contributed by atoms with Crippen molar-refractivity contribution in [3.05, 3.63) is 83.3 Å². The van der Waals surface area contributed by atoms with Crippen LogP contribution in [0.3, 0.4) is 0 Å². The van der Waals surface area contributed by atoms with Crippen LogP contribution in [-0.4, -0.2) is 6.61 Å². The molecule has 0 bridgehead atoms. The van der Waals surface area contributed by atoms with E-state index in [-0.39, 0.29) is 0 Å². The maximum absolute atomic E-state index is 5.89. The summed E-state index contributed by atoms with van der Waals surface area (Å²) in [5.74, 6) is 0.930. The maximum atomic E-state index is 5.89. The molecule has 0 aliphatic carbocycles. The van der Waals surface area contributed by atoms with Crippen molar-refractivity contribution in [3.8, 4) is 5.75 Å². The summed E-state index contributed by atoms with van der Waals surface area (Å²) < 4.78 is 6.96. The summed E-state index contributed by atoms with van der Waals surface area (Å²) in [6.45, 7) is 3.01. The van der Waals surface area contributed by atoms with E-state index in [1.807, 2.05) is 6.07 Å². The molecule has 140 valence electrons. The molecule has 3 aromatic rings. The van der Waals surface area contributed by atoms with Gasteiger partial charge in [0.05, 0.1) is 6.61 Å². The highest BCUT2D eigenvalue weighted by Gasteiger charge is 2.12. The summed E-state index contributed by atoms with van der Waals surface area (Å²) in [5, 5.41) is 0. The first-order valence-electron chi connectivity index (χ1n) is 9.61. The van der Waals surface area contributed by atoms with Gasteiger partial charge in [-0.1, -0.05) is 60.3 Å². The third-order valence-corrected chi connectivity index (χ3v) is 4.99. The van der Waals surface area contributed by atoms with E-state index >= 15 is 0 Å². The van der Waals surface area contributed by atoms with Crippen molar-refractivity contribution in [1.29, 1.82) is 0 Å². The Hall–Kier alpha value is -2.26. The topological polar surface area (TPSA) is 12.5 Å². The maximum Gasteiger partial charge on any atom is 0.119 e. The smallest absolute Gasteiger partial charge is 0.119 e. The predicted octanol–water partition coefficient (Wildman–Crippen LogP) is 7.88. The Morgan fingerprint density at radius 3 is 1.93 bits per heavy atom. The standard InChI is InChI=1S/C24H26BrNO/c1-2-3-4-8-19-27-24-17-15-23(16-18-24)26(21-9-6-5-7-10-21)22-13-11-20(25)12-14-22/h5-7,9-18H,2-4,8,19H2,1H3. The van der Waals surface area contributed by atoms with Crippen molar-refractivity contribution >= 4 is 33.0 Å². The van der Waals surface area contributed by atoms with Gasteiger partial charge >= 0.3 is 0 Å². The molecule has 0 fully saturated rings. The molecule has 3 aromatic carbocycles. The highest BCUT2D eigenvalue weighted by atomic mass is 79.9. The molecule has 0 spiro atoms. The van der Waals surface area contributed by atoms with Crippen LogP contribution in [0.15, 0.2) is 83.3 Å². The minimum absolute atomic E-state index is 0.786. The largest absolute Gasteiger partial charge is 0.494 e. The number of nitrogens with zero attached hydrogens (tertiary/aromatic N) is 1. The Balaban J connectivity index is 1.77. The van der Waals surface area contributed by atoms with E-state index in [1.165, 1.54) is 19.3 Å². The Kier molecular flexibility index (Phi) is 7.35. The molecule has 0 aliphatic rings. The number of rotatable bonds is 9. The number of ether oxygens (including phenoxy) is 1. The average Bonchev–Trinajstić information content (AvgIpc) is 2.71. The van der Waals surface area contributed by atoms with Gasteiger partial charge in [0.1, 0.15) is 5.75 Å². The Bertz CT molecular complexity index is 800. The number of benzene rings is 3. The monoisotopic (exact) mass is 423 g/mol. The highest BCUT2D eigenvalue weighted by molar-refractivity contribution is 9.10. The SMILES string of the molecule is CCCCCCOc1ccc(N(c2ccccc2)c2ccc(Br)cc2)cc1. The molecule has 0 radical (unpaired) electrons. The first-order valence-corrected chi connectivity index (χ1v) is 10.4. The number of hydrogen-bond donors (Lipinski definition) is 0. The van der Waals surface area contributed by atoms with E-state index in [9.17, 15) is 0 Å².